The third-order valence-electron chi connectivity index (χ3n) is 6.44. The Kier molecular flexibility index (Phi) is 26.4. The van der Waals surface area contributed by atoms with E-state index in [4.69, 9.17) is 0 Å². The van der Waals surface area contributed by atoms with Gasteiger partial charge in [-0.2, -0.15) is 0 Å². The molecule has 28 heavy (non-hydrogen) atoms. The lowest BCUT2D eigenvalue weighted by Crippen LogP contribution is -3.00. The largest absolute Gasteiger partial charge is 1.00 e. The fourth-order valence-electron chi connectivity index (χ4n) is 4.47. The molecule has 0 aliphatic rings. The molecule has 172 valence electrons. The standard InChI is InChI=1S/C26H56N.HI/c1-5-9-13-15-17-19-21-25-27(23-11-7-3,24-12-8-4)26-22-20-18-16-14-10-6-2;/h5-26H2,1-4H3;1H/q+1;/p-1. The van der Waals surface area contributed by atoms with Crippen LogP contribution in [-0.2, 0) is 0 Å². The molecule has 0 heterocycles. The van der Waals surface area contributed by atoms with Gasteiger partial charge in [0.25, 0.3) is 0 Å². The first kappa shape index (κ1) is 30.9. The average molecular weight is 510 g/mol. The molecule has 0 saturated carbocycles. The summed E-state index contributed by atoms with van der Waals surface area (Å²) in [4.78, 5) is 0. The molecular weight excluding hydrogens is 453 g/mol. The van der Waals surface area contributed by atoms with Crippen LogP contribution in [0.2, 0.25) is 0 Å². The Hall–Kier alpha value is 0.690. The van der Waals surface area contributed by atoms with Gasteiger partial charge >= 0.3 is 0 Å². The molecule has 0 atom stereocenters. The molecule has 0 aromatic rings. The number of quaternary nitrogens is 1. The molecule has 0 saturated heterocycles. The fourth-order valence-corrected chi connectivity index (χ4v) is 4.47. The van der Waals surface area contributed by atoms with Crippen LogP contribution < -0.4 is 24.0 Å². The first-order valence-electron chi connectivity index (χ1n) is 13.1. The van der Waals surface area contributed by atoms with Gasteiger partial charge in [0.05, 0.1) is 26.2 Å². The number of rotatable bonds is 22. The lowest BCUT2D eigenvalue weighted by atomic mass is 10.1. The molecule has 0 N–H and O–H groups in total. The van der Waals surface area contributed by atoms with Crippen molar-refractivity contribution in [3.63, 3.8) is 0 Å². The van der Waals surface area contributed by atoms with Gasteiger partial charge in [-0.3, -0.25) is 0 Å². The van der Waals surface area contributed by atoms with E-state index in [0.717, 1.165) is 0 Å². The second-order valence-corrected chi connectivity index (χ2v) is 9.19. The Morgan fingerprint density at radius 2 is 0.571 bits per heavy atom. The minimum absolute atomic E-state index is 0. The smallest absolute Gasteiger partial charge is 0.0786 e. The van der Waals surface area contributed by atoms with E-state index in [1.54, 1.807) is 0 Å². The predicted octanol–water partition coefficient (Wildman–Crippen LogP) is 5.91. The third kappa shape index (κ3) is 18.7. The van der Waals surface area contributed by atoms with Gasteiger partial charge in [-0.25, -0.2) is 0 Å². The van der Waals surface area contributed by atoms with Crippen molar-refractivity contribution in [2.45, 2.75) is 143 Å². The zero-order valence-corrected chi connectivity index (χ0v) is 22.5. The molecule has 0 rings (SSSR count). The SMILES string of the molecule is CCCCCCCCC[N+](CCCC)(CCCC)CCCCCCCCC.[I-]. The Morgan fingerprint density at radius 1 is 0.321 bits per heavy atom. The second kappa shape index (κ2) is 24.0. The highest BCUT2D eigenvalue weighted by Crippen LogP contribution is 2.19. The summed E-state index contributed by atoms with van der Waals surface area (Å²) in [6.45, 7) is 15.2. The van der Waals surface area contributed by atoms with Crippen LogP contribution in [0.25, 0.3) is 0 Å². The van der Waals surface area contributed by atoms with Crippen LogP contribution in [0.4, 0.5) is 0 Å². The zero-order valence-electron chi connectivity index (χ0n) is 20.4. The number of nitrogens with zero attached hydrogens (tertiary/aromatic N) is 1. The van der Waals surface area contributed by atoms with E-state index in [9.17, 15) is 0 Å². The normalized spacial score (nSPS) is 11.6. The maximum absolute atomic E-state index is 2.37. The van der Waals surface area contributed by atoms with Crippen molar-refractivity contribution in [1.82, 2.24) is 0 Å². The monoisotopic (exact) mass is 509 g/mol. The molecule has 0 radical (unpaired) electrons. The molecule has 0 aliphatic heterocycles. The van der Waals surface area contributed by atoms with Crippen molar-refractivity contribution < 1.29 is 28.5 Å². The highest BCUT2D eigenvalue weighted by molar-refractivity contribution is 4.53. The summed E-state index contributed by atoms with van der Waals surface area (Å²) in [5, 5.41) is 0. The van der Waals surface area contributed by atoms with Crippen molar-refractivity contribution in [1.29, 1.82) is 0 Å². The fraction of sp³-hybridized carbons (Fsp3) is 1.00. The molecule has 0 fully saturated rings. The Labute approximate surface area is 197 Å². The topological polar surface area (TPSA) is 0 Å². The van der Waals surface area contributed by atoms with Crippen molar-refractivity contribution in [2.24, 2.45) is 0 Å². The number of halogens is 1. The highest BCUT2D eigenvalue weighted by Gasteiger charge is 2.25. The van der Waals surface area contributed by atoms with E-state index in [0.29, 0.717) is 0 Å². The second-order valence-electron chi connectivity index (χ2n) is 9.19. The van der Waals surface area contributed by atoms with Crippen molar-refractivity contribution in [2.75, 3.05) is 26.2 Å². The summed E-state index contributed by atoms with van der Waals surface area (Å²) in [6, 6.07) is 0. The number of hydrogen-bond donors (Lipinski definition) is 0. The van der Waals surface area contributed by atoms with Crippen molar-refractivity contribution >= 4 is 0 Å². The molecular formula is C26H56IN. The Balaban J connectivity index is 0. The number of hydrogen-bond acceptors (Lipinski definition) is 0. The zero-order chi connectivity index (χ0) is 20.1. The van der Waals surface area contributed by atoms with E-state index in [2.05, 4.69) is 27.7 Å². The minimum atomic E-state index is 0. The van der Waals surface area contributed by atoms with Crippen molar-refractivity contribution in [3.05, 3.63) is 0 Å². The lowest BCUT2D eigenvalue weighted by Gasteiger charge is -2.39. The van der Waals surface area contributed by atoms with Crippen LogP contribution in [0.3, 0.4) is 0 Å². The summed E-state index contributed by atoms with van der Waals surface area (Å²) in [7, 11) is 0. The van der Waals surface area contributed by atoms with Crippen LogP contribution in [0.1, 0.15) is 143 Å². The predicted molar refractivity (Wildman–Crippen MR) is 126 cm³/mol. The molecule has 0 aromatic carbocycles. The van der Waals surface area contributed by atoms with Gasteiger partial charge in [-0.05, 0) is 38.5 Å². The maximum Gasteiger partial charge on any atom is 0.0786 e. The summed E-state index contributed by atoms with van der Waals surface area (Å²) in [5.74, 6) is 0. The van der Waals surface area contributed by atoms with Crippen LogP contribution in [0.5, 0.6) is 0 Å². The van der Waals surface area contributed by atoms with Gasteiger partial charge in [0, 0.05) is 0 Å². The van der Waals surface area contributed by atoms with Crippen LogP contribution >= 0.6 is 0 Å². The summed E-state index contributed by atoms with van der Waals surface area (Å²) in [6.07, 6.45) is 25.9. The molecule has 0 spiro atoms. The molecule has 1 nitrogen and oxygen atoms in total. The molecule has 0 bridgehead atoms. The van der Waals surface area contributed by atoms with Crippen molar-refractivity contribution in [3.8, 4) is 0 Å². The molecule has 2 heteroatoms. The third-order valence-corrected chi connectivity index (χ3v) is 6.44. The van der Waals surface area contributed by atoms with Crippen LogP contribution in [-0.4, -0.2) is 30.7 Å². The first-order chi connectivity index (χ1) is 13.2. The van der Waals surface area contributed by atoms with E-state index in [1.165, 1.54) is 146 Å². The highest BCUT2D eigenvalue weighted by atomic mass is 127. The summed E-state index contributed by atoms with van der Waals surface area (Å²) in [5.41, 5.74) is 0. The quantitative estimate of drug-likeness (QED) is 0.0967. The molecule has 0 amide bonds. The number of unbranched alkanes of at least 4 members (excludes halogenated alkanes) is 14. The molecule has 0 aromatic heterocycles. The summed E-state index contributed by atoms with van der Waals surface area (Å²) < 4.78 is 1.45. The van der Waals surface area contributed by atoms with Gasteiger partial charge in [-0.1, -0.05) is 105 Å². The maximum atomic E-state index is 2.37. The summed E-state index contributed by atoms with van der Waals surface area (Å²) >= 11 is 0. The first-order valence-corrected chi connectivity index (χ1v) is 13.1. The van der Waals surface area contributed by atoms with Crippen LogP contribution in [0.15, 0.2) is 0 Å². The van der Waals surface area contributed by atoms with Gasteiger partial charge in [0.15, 0.2) is 0 Å². The Morgan fingerprint density at radius 3 is 0.893 bits per heavy atom. The molecule has 0 aliphatic carbocycles. The van der Waals surface area contributed by atoms with Gasteiger partial charge < -0.3 is 28.5 Å². The van der Waals surface area contributed by atoms with E-state index < -0.39 is 0 Å². The van der Waals surface area contributed by atoms with Gasteiger partial charge in [-0.15, -0.1) is 0 Å². The Bertz CT molecular complexity index is 252. The van der Waals surface area contributed by atoms with E-state index in [1.807, 2.05) is 0 Å². The average Bonchev–Trinajstić information content (AvgIpc) is 2.69. The van der Waals surface area contributed by atoms with Gasteiger partial charge in [0.1, 0.15) is 0 Å². The van der Waals surface area contributed by atoms with Gasteiger partial charge in [0.2, 0.25) is 0 Å². The lowest BCUT2D eigenvalue weighted by molar-refractivity contribution is -0.929. The van der Waals surface area contributed by atoms with Crippen LogP contribution in [0, 0.1) is 0 Å². The van der Waals surface area contributed by atoms with E-state index >= 15 is 0 Å². The molecule has 0 unspecified atom stereocenters. The minimum Gasteiger partial charge on any atom is -1.00 e. The van der Waals surface area contributed by atoms with E-state index in [-0.39, 0.29) is 24.0 Å².